The molecule has 0 amide bonds. The zero-order valence-electron chi connectivity index (χ0n) is 13.2. The highest BCUT2D eigenvalue weighted by atomic mass is 16.6. The number of ether oxygens (including phenoxy) is 2. The van der Waals surface area contributed by atoms with Crippen molar-refractivity contribution in [3.63, 3.8) is 0 Å². The van der Waals surface area contributed by atoms with Crippen molar-refractivity contribution >= 4 is 11.9 Å². The zero-order chi connectivity index (χ0) is 15.1. The lowest BCUT2D eigenvalue weighted by atomic mass is 9.94. The topological polar surface area (TPSA) is 52.6 Å². The van der Waals surface area contributed by atoms with E-state index in [9.17, 15) is 9.59 Å². The van der Waals surface area contributed by atoms with E-state index in [-0.39, 0.29) is 29.9 Å². The van der Waals surface area contributed by atoms with Crippen LogP contribution in [0.5, 0.6) is 0 Å². The molecule has 0 aliphatic carbocycles. The summed E-state index contributed by atoms with van der Waals surface area (Å²) in [6.07, 6.45) is 5.19. The second kappa shape index (κ2) is 8.28. The molecule has 2 unspecified atom stereocenters. The third-order valence-corrected chi connectivity index (χ3v) is 4.10. The summed E-state index contributed by atoms with van der Waals surface area (Å²) >= 11 is 0. The van der Waals surface area contributed by atoms with Gasteiger partial charge in [0.2, 0.25) is 0 Å². The van der Waals surface area contributed by atoms with Crippen LogP contribution in [0.1, 0.15) is 66.2 Å². The van der Waals surface area contributed by atoms with E-state index in [1.807, 2.05) is 13.8 Å². The van der Waals surface area contributed by atoms with Crippen molar-refractivity contribution in [2.45, 2.75) is 78.4 Å². The Morgan fingerprint density at radius 3 is 2.60 bits per heavy atom. The zero-order valence-corrected chi connectivity index (χ0v) is 13.2. The average Bonchev–Trinajstić information content (AvgIpc) is 2.69. The van der Waals surface area contributed by atoms with Gasteiger partial charge in [-0.15, -0.1) is 0 Å². The van der Waals surface area contributed by atoms with Gasteiger partial charge in [-0.25, -0.2) is 0 Å². The van der Waals surface area contributed by atoms with Gasteiger partial charge in [0.05, 0.1) is 11.8 Å². The number of hydrogen-bond donors (Lipinski definition) is 0. The minimum Gasteiger partial charge on any atom is -0.458 e. The molecule has 0 spiro atoms. The minimum atomic E-state index is -0.411. The fraction of sp³-hybridized carbons (Fsp3) is 0.875. The second-order valence-corrected chi connectivity index (χ2v) is 5.81. The molecule has 0 aromatic rings. The molecule has 0 bridgehead atoms. The molecule has 4 heteroatoms. The van der Waals surface area contributed by atoms with Crippen molar-refractivity contribution in [3.05, 3.63) is 0 Å². The van der Waals surface area contributed by atoms with Crippen molar-refractivity contribution in [2.75, 3.05) is 0 Å². The van der Waals surface area contributed by atoms with E-state index in [2.05, 4.69) is 6.92 Å². The Balaban J connectivity index is 2.55. The summed E-state index contributed by atoms with van der Waals surface area (Å²) in [7, 11) is 0. The van der Waals surface area contributed by atoms with Gasteiger partial charge < -0.3 is 9.47 Å². The number of unbranched alkanes of at least 4 members (excludes halogenated alkanes) is 3. The molecular formula is C16H28O4. The maximum absolute atomic E-state index is 11.9. The molecule has 0 saturated carbocycles. The van der Waals surface area contributed by atoms with E-state index in [1.165, 1.54) is 6.42 Å². The highest BCUT2D eigenvalue weighted by Crippen LogP contribution is 2.30. The van der Waals surface area contributed by atoms with Crippen molar-refractivity contribution in [3.8, 4) is 0 Å². The molecule has 116 valence electrons. The maximum atomic E-state index is 11.9. The molecule has 4 atom stereocenters. The maximum Gasteiger partial charge on any atom is 0.313 e. The van der Waals surface area contributed by atoms with Gasteiger partial charge in [-0.1, -0.05) is 46.5 Å². The summed E-state index contributed by atoms with van der Waals surface area (Å²) in [6, 6.07) is 0. The van der Waals surface area contributed by atoms with E-state index in [4.69, 9.17) is 9.47 Å². The Labute approximate surface area is 122 Å². The molecule has 4 nitrogen and oxygen atoms in total. The third-order valence-electron chi connectivity index (χ3n) is 4.10. The minimum absolute atomic E-state index is 0.126. The fourth-order valence-corrected chi connectivity index (χ4v) is 2.47. The lowest BCUT2D eigenvalue weighted by Crippen LogP contribution is -2.33. The Hall–Kier alpha value is -1.06. The van der Waals surface area contributed by atoms with Crippen molar-refractivity contribution < 1.29 is 19.1 Å². The molecular weight excluding hydrogens is 256 g/mol. The number of rotatable bonds is 8. The predicted molar refractivity (Wildman–Crippen MR) is 77.1 cm³/mol. The quantitative estimate of drug-likeness (QED) is 0.506. The normalized spacial score (nSPS) is 27.2. The van der Waals surface area contributed by atoms with E-state index in [0.29, 0.717) is 0 Å². The molecule has 1 saturated heterocycles. The van der Waals surface area contributed by atoms with Gasteiger partial charge in [-0.05, 0) is 19.8 Å². The standard InChI is InChI=1S/C16H28O4/c1-5-7-8-9-10-13-14(12(4)19-16(13)18)20-15(17)11(3)6-2/h11-14H,5-10H2,1-4H3/t11?,12-,13+,14?/m0/s1. The molecule has 0 aromatic heterocycles. The van der Waals surface area contributed by atoms with Crippen LogP contribution in [0.2, 0.25) is 0 Å². The van der Waals surface area contributed by atoms with Crippen LogP contribution >= 0.6 is 0 Å². The molecule has 0 N–H and O–H groups in total. The summed E-state index contributed by atoms with van der Waals surface area (Å²) in [5.74, 6) is -0.842. The van der Waals surface area contributed by atoms with Crippen LogP contribution in [0.4, 0.5) is 0 Å². The highest BCUT2D eigenvalue weighted by Gasteiger charge is 2.44. The molecule has 1 fully saturated rings. The van der Waals surface area contributed by atoms with Crippen LogP contribution in [-0.2, 0) is 19.1 Å². The average molecular weight is 284 g/mol. The molecule has 1 heterocycles. The van der Waals surface area contributed by atoms with E-state index >= 15 is 0 Å². The Morgan fingerprint density at radius 2 is 2.00 bits per heavy atom. The SMILES string of the molecule is CCCCCC[C@H]1C(=O)O[C@@H](C)C1OC(=O)C(C)CC. The lowest BCUT2D eigenvalue weighted by molar-refractivity contribution is -0.157. The van der Waals surface area contributed by atoms with Crippen molar-refractivity contribution in [1.29, 1.82) is 0 Å². The summed E-state index contributed by atoms with van der Waals surface area (Å²) in [5, 5.41) is 0. The highest BCUT2D eigenvalue weighted by molar-refractivity contribution is 5.77. The van der Waals surface area contributed by atoms with Crippen LogP contribution in [0, 0.1) is 11.8 Å². The van der Waals surface area contributed by atoms with Crippen LogP contribution in [0.25, 0.3) is 0 Å². The second-order valence-electron chi connectivity index (χ2n) is 5.81. The first-order chi connectivity index (χ1) is 9.51. The Morgan fingerprint density at radius 1 is 1.30 bits per heavy atom. The van der Waals surface area contributed by atoms with Gasteiger partial charge in [0.25, 0.3) is 0 Å². The van der Waals surface area contributed by atoms with E-state index < -0.39 is 6.10 Å². The van der Waals surface area contributed by atoms with Crippen LogP contribution in [-0.4, -0.2) is 24.1 Å². The van der Waals surface area contributed by atoms with Gasteiger partial charge in [0.15, 0.2) is 6.10 Å². The van der Waals surface area contributed by atoms with Crippen LogP contribution in [0.3, 0.4) is 0 Å². The lowest BCUT2D eigenvalue weighted by Gasteiger charge is -2.21. The summed E-state index contributed by atoms with van der Waals surface area (Å²) in [4.78, 5) is 23.8. The van der Waals surface area contributed by atoms with Gasteiger partial charge in [-0.2, -0.15) is 0 Å². The molecule has 0 aromatic carbocycles. The predicted octanol–water partition coefficient (Wildman–Crippen LogP) is 3.48. The van der Waals surface area contributed by atoms with Gasteiger partial charge in [0, 0.05) is 0 Å². The van der Waals surface area contributed by atoms with E-state index in [1.54, 1.807) is 6.92 Å². The van der Waals surface area contributed by atoms with Crippen LogP contribution in [0.15, 0.2) is 0 Å². The van der Waals surface area contributed by atoms with Crippen molar-refractivity contribution in [1.82, 2.24) is 0 Å². The van der Waals surface area contributed by atoms with Gasteiger partial charge in [0.1, 0.15) is 6.10 Å². The van der Waals surface area contributed by atoms with E-state index in [0.717, 1.165) is 32.1 Å². The Kier molecular flexibility index (Phi) is 7.03. The molecule has 1 aliphatic heterocycles. The smallest absolute Gasteiger partial charge is 0.313 e. The summed E-state index contributed by atoms with van der Waals surface area (Å²) in [6.45, 7) is 7.76. The van der Waals surface area contributed by atoms with Crippen molar-refractivity contribution in [2.24, 2.45) is 11.8 Å². The largest absolute Gasteiger partial charge is 0.458 e. The monoisotopic (exact) mass is 284 g/mol. The fourth-order valence-electron chi connectivity index (χ4n) is 2.47. The van der Waals surface area contributed by atoms with Gasteiger partial charge >= 0.3 is 11.9 Å². The molecule has 0 radical (unpaired) electrons. The number of carbonyl (C=O) groups is 2. The number of carbonyl (C=O) groups excluding carboxylic acids is 2. The summed E-state index contributed by atoms with van der Waals surface area (Å²) in [5.41, 5.74) is 0. The number of esters is 2. The first kappa shape index (κ1) is 17.0. The Bertz CT molecular complexity index is 326. The first-order valence-electron chi connectivity index (χ1n) is 7.92. The van der Waals surface area contributed by atoms with Gasteiger partial charge in [-0.3, -0.25) is 9.59 Å². The molecule has 1 aliphatic rings. The molecule has 20 heavy (non-hydrogen) atoms. The first-order valence-corrected chi connectivity index (χ1v) is 7.92. The number of cyclic esters (lactones) is 1. The molecule has 1 rings (SSSR count). The summed E-state index contributed by atoms with van der Waals surface area (Å²) < 4.78 is 10.8. The number of hydrogen-bond acceptors (Lipinski definition) is 4. The van der Waals surface area contributed by atoms with Crippen LogP contribution < -0.4 is 0 Å². The third kappa shape index (κ3) is 4.50.